The van der Waals surface area contributed by atoms with Gasteiger partial charge in [-0.2, -0.15) is 0 Å². The molecule has 402 valence electrons. The molecule has 69 heavy (non-hydrogen) atoms. The monoisotopic (exact) mass is 967 g/mol. The molecule has 0 unspecified atom stereocenters. The van der Waals surface area contributed by atoms with Crippen LogP contribution in [0.4, 0.5) is 0 Å². The van der Waals surface area contributed by atoms with Crippen molar-refractivity contribution in [1.29, 1.82) is 0 Å². The van der Waals surface area contributed by atoms with Gasteiger partial charge in [0.1, 0.15) is 13.2 Å². The van der Waals surface area contributed by atoms with Crippen LogP contribution in [-0.2, 0) is 28.6 Å². The molecule has 0 bridgehead atoms. The highest BCUT2D eigenvalue weighted by atomic mass is 16.6. The molecular formula is C63H114O6. The van der Waals surface area contributed by atoms with E-state index >= 15 is 0 Å². The van der Waals surface area contributed by atoms with Gasteiger partial charge < -0.3 is 14.2 Å². The molecule has 6 heteroatoms. The van der Waals surface area contributed by atoms with Crippen LogP contribution in [0.2, 0.25) is 0 Å². The van der Waals surface area contributed by atoms with Crippen LogP contribution in [0, 0.1) is 0 Å². The Bertz CT molecular complexity index is 1200. The van der Waals surface area contributed by atoms with Crippen molar-refractivity contribution in [1.82, 2.24) is 0 Å². The molecule has 0 saturated carbocycles. The Morgan fingerprint density at radius 3 is 0.841 bits per heavy atom. The molecule has 0 radical (unpaired) electrons. The first-order valence-corrected chi connectivity index (χ1v) is 30.1. The van der Waals surface area contributed by atoms with Crippen molar-refractivity contribution in [2.24, 2.45) is 0 Å². The highest BCUT2D eigenvalue weighted by Gasteiger charge is 2.19. The van der Waals surface area contributed by atoms with Crippen molar-refractivity contribution in [3.63, 3.8) is 0 Å². The van der Waals surface area contributed by atoms with Gasteiger partial charge in [-0.05, 0) is 103 Å². The number of hydrogen-bond donors (Lipinski definition) is 0. The molecule has 0 aromatic carbocycles. The minimum Gasteiger partial charge on any atom is -0.462 e. The lowest BCUT2D eigenvalue weighted by molar-refractivity contribution is -0.167. The minimum atomic E-state index is -0.781. The molecule has 0 aromatic rings. The summed E-state index contributed by atoms with van der Waals surface area (Å²) in [6.07, 6.45) is 71.0. The minimum absolute atomic E-state index is 0.0783. The molecule has 6 nitrogen and oxygen atoms in total. The van der Waals surface area contributed by atoms with Crippen LogP contribution < -0.4 is 0 Å². The molecule has 0 aliphatic rings. The van der Waals surface area contributed by atoms with Gasteiger partial charge in [0.25, 0.3) is 0 Å². The van der Waals surface area contributed by atoms with Crippen molar-refractivity contribution in [3.05, 3.63) is 48.6 Å². The van der Waals surface area contributed by atoms with Gasteiger partial charge in [0.15, 0.2) is 6.10 Å². The molecule has 0 amide bonds. The molecule has 0 N–H and O–H groups in total. The van der Waals surface area contributed by atoms with Gasteiger partial charge in [-0.15, -0.1) is 0 Å². The van der Waals surface area contributed by atoms with Gasteiger partial charge in [-0.3, -0.25) is 14.4 Å². The second kappa shape index (κ2) is 57.9. The zero-order chi connectivity index (χ0) is 50.0. The summed E-state index contributed by atoms with van der Waals surface area (Å²) < 4.78 is 16.9. The van der Waals surface area contributed by atoms with E-state index in [1.165, 1.54) is 193 Å². The van der Waals surface area contributed by atoms with E-state index in [1.807, 2.05) is 0 Å². The van der Waals surface area contributed by atoms with Gasteiger partial charge in [-0.25, -0.2) is 0 Å². The Kier molecular flexibility index (Phi) is 55.7. The summed E-state index contributed by atoms with van der Waals surface area (Å²) in [5.74, 6) is -0.881. The molecule has 0 aliphatic heterocycles. The zero-order valence-electron chi connectivity index (χ0n) is 46.1. The summed E-state index contributed by atoms with van der Waals surface area (Å²) in [6, 6.07) is 0. The third kappa shape index (κ3) is 56.2. The molecule has 0 rings (SSSR count). The van der Waals surface area contributed by atoms with Crippen LogP contribution in [0.1, 0.15) is 316 Å². The lowest BCUT2D eigenvalue weighted by Gasteiger charge is -2.18. The van der Waals surface area contributed by atoms with E-state index in [9.17, 15) is 14.4 Å². The van der Waals surface area contributed by atoms with E-state index in [0.717, 1.165) is 83.5 Å². The number of unbranched alkanes of at least 4 members (excludes halogenated alkanes) is 36. The van der Waals surface area contributed by atoms with Gasteiger partial charge in [0.05, 0.1) is 0 Å². The van der Waals surface area contributed by atoms with Crippen molar-refractivity contribution < 1.29 is 28.6 Å². The number of carbonyl (C=O) groups is 3. The molecule has 0 spiro atoms. The van der Waals surface area contributed by atoms with Crippen molar-refractivity contribution >= 4 is 17.9 Å². The van der Waals surface area contributed by atoms with E-state index in [1.54, 1.807) is 0 Å². The molecule has 1 atom stereocenters. The van der Waals surface area contributed by atoms with E-state index < -0.39 is 6.10 Å². The summed E-state index contributed by atoms with van der Waals surface area (Å²) >= 11 is 0. The van der Waals surface area contributed by atoms with Crippen LogP contribution in [0.3, 0.4) is 0 Å². The first-order chi connectivity index (χ1) is 34.0. The van der Waals surface area contributed by atoms with E-state index in [0.29, 0.717) is 19.3 Å². The Morgan fingerprint density at radius 1 is 0.290 bits per heavy atom. The number of rotatable bonds is 55. The van der Waals surface area contributed by atoms with E-state index in [2.05, 4.69) is 69.4 Å². The average Bonchev–Trinajstić information content (AvgIpc) is 3.35. The summed E-state index contributed by atoms with van der Waals surface area (Å²) in [7, 11) is 0. The summed E-state index contributed by atoms with van der Waals surface area (Å²) in [6.45, 7) is 6.63. The Morgan fingerprint density at radius 2 is 0.522 bits per heavy atom. The standard InChI is InChI=1S/C63H114O6/c1-4-7-10-13-16-19-22-25-28-30-31-33-36-38-41-44-47-50-53-56-62(65)68-59-60(69-63(66)57-54-51-48-45-42-39-34-27-24-21-18-15-12-9-6-3)58-67-61(64)55-52-49-46-43-40-37-35-32-29-26-23-20-17-14-11-8-5-2/h17,20,25-29,34,60H,4-16,18-19,21-24,30-33,35-59H2,1-3H3/b20-17-,28-25-,29-26-,34-27-/t60-/m1/s1. The van der Waals surface area contributed by atoms with E-state index in [4.69, 9.17) is 14.2 Å². The van der Waals surface area contributed by atoms with Crippen LogP contribution in [0.5, 0.6) is 0 Å². The largest absolute Gasteiger partial charge is 0.462 e. The van der Waals surface area contributed by atoms with Crippen molar-refractivity contribution in [2.75, 3.05) is 13.2 Å². The summed E-state index contributed by atoms with van der Waals surface area (Å²) in [5.41, 5.74) is 0. The maximum absolute atomic E-state index is 12.9. The summed E-state index contributed by atoms with van der Waals surface area (Å²) in [5, 5.41) is 0. The molecular weight excluding hydrogens is 853 g/mol. The molecule has 0 aliphatic carbocycles. The maximum atomic E-state index is 12.9. The number of esters is 3. The van der Waals surface area contributed by atoms with Gasteiger partial charge in [-0.1, -0.05) is 243 Å². The Hall–Kier alpha value is -2.63. The maximum Gasteiger partial charge on any atom is 0.306 e. The fraction of sp³-hybridized carbons (Fsp3) is 0.825. The highest BCUT2D eigenvalue weighted by Crippen LogP contribution is 2.16. The number of carbonyl (C=O) groups excluding carboxylic acids is 3. The second-order valence-electron chi connectivity index (χ2n) is 20.2. The number of ether oxygens (including phenoxy) is 3. The average molecular weight is 968 g/mol. The molecule has 0 aromatic heterocycles. The van der Waals surface area contributed by atoms with Gasteiger partial charge in [0, 0.05) is 19.3 Å². The molecule has 0 heterocycles. The third-order valence-electron chi connectivity index (χ3n) is 13.3. The fourth-order valence-corrected chi connectivity index (χ4v) is 8.70. The first kappa shape index (κ1) is 66.4. The van der Waals surface area contributed by atoms with Gasteiger partial charge in [0.2, 0.25) is 0 Å². The van der Waals surface area contributed by atoms with Crippen LogP contribution in [0.25, 0.3) is 0 Å². The van der Waals surface area contributed by atoms with Crippen LogP contribution in [0.15, 0.2) is 48.6 Å². The fourth-order valence-electron chi connectivity index (χ4n) is 8.70. The lowest BCUT2D eigenvalue weighted by Crippen LogP contribution is -2.30. The predicted molar refractivity (Wildman–Crippen MR) is 298 cm³/mol. The Labute approximate surface area is 428 Å². The normalized spacial score (nSPS) is 12.3. The van der Waals surface area contributed by atoms with Crippen LogP contribution >= 0.6 is 0 Å². The number of allylic oxidation sites excluding steroid dienone is 8. The second-order valence-corrected chi connectivity index (χ2v) is 20.2. The predicted octanol–water partition coefficient (Wildman–Crippen LogP) is 20.2. The summed E-state index contributed by atoms with van der Waals surface area (Å²) in [4.78, 5) is 38.2. The SMILES string of the molecule is CCCCC/C=C\C/C=C\CCCCCCCCCC(=O)OC[C@H](COC(=O)CCCCCCCCCCC/C=C\CCCCCCCC)OC(=O)CCCCCCC/C=C\CCCCCCCC. The zero-order valence-corrected chi connectivity index (χ0v) is 46.1. The molecule has 0 fully saturated rings. The number of hydrogen-bond acceptors (Lipinski definition) is 6. The molecule has 0 saturated heterocycles. The topological polar surface area (TPSA) is 78.9 Å². The van der Waals surface area contributed by atoms with Crippen molar-refractivity contribution in [3.8, 4) is 0 Å². The van der Waals surface area contributed by atoms with Crippen LogP contribution in [-0.4, -0.2) is 37.2 Å². The van der Waals surface area contributed by atoms with E-state index in [-0.39, 0.29) is 31.1 Å². The van der Waals surface area contributed by atoms with Crippen molar-refractivity contribution in [2.45, 2.75) is 322 Å². The lowest BCUT2D eigenvalue weighted by atomic mass is 10.1. The first-order valence-electron chi connectivity index (χ1n) is 30.1. The van der Waals surface area contributed by atoms with Gasteiger partial charge >= 0.3 is 17.9 Å². The quantitative estimate of drug-likeness (QED) is 0.0262. The smallest absolute Gasteiger partial charge is 0.306 e. The Balaban J connectivity index is 4.36. The highest BCUT2D eigenvalue weighted by molar-refractivity contribution is 5.71. The third-order valence-corrected chi connectivity index (χ3v) is 13.3.